The highest BCUT2D eigenvalue weighted by atomic mass is 16.5. The van der Waals surface area contributed by atoms with Crippen LogP contribution in [0.4, 0.5) is 0 Å². The molecule has 21 heavy (non-hydrogen) atoms. The van der Waals surface area contributed by atoms with Crippen molar-refractivity contribution in [3.63, 3.8) is 0 Å². The lowest BCUT2D eigenvalue weighted by molar-refractivity contribution is -0.141. The van der Waals surface area contributed by atoms with Gasteiger partial charge in [-0.1, -0.05) is 19.8 Å². The first-order valence-electron chi connectivity index (χ1n) is 8.24. The molecular weight excluding hydrogens is 268 g/mol. The van der Waals surface area contributed by atoms with E-state index in [0.29, 0.717) is 18.3 Å². The van der Waals surface area contributed by atoms with Gasteiger partial charge in [-0.15, -0.1) is 0 Å². The first kappa shape index (κ1) is 16.3. The van der Waals surface area contributed by atoms with Gasteiger partial charge in [0.25, 0.3) is 0 Å². The number of nitrogens with two attached hydrogens (primary N) is 1. The van der Waals surface area contributed by atoms with Gasteiger partial charge in [0.15, 0.2) is 0 Å². The minimum absolute atomic E-state index is 0.0882. The summed E-state index contributed by atoms with van der Waals surface area (Å²) in [5.74, 6) is 0.749. The van der Waals surface area contributed by atoms with Crippen LogP contribution in [0.25, 0.3) is 0 Å². The number of primary amides is 1. The highest BCUT2D eigenvalue weighted by molar-refractivity contribution is 5.77. The lowest BCUT2D eigenvalue weighted by Gasteiger charge is -2.33. The van der Waals surface area contributed by atoms with E-state index in [2.05, 4.69) is 6.92 Å². The van der Waals surface area contributed by atoms with Gasteiger partial charge in [-0.3, -0.25) is 9.59 Å². The Morgan fingerprint density at radius 1 is 1.14 bits per heavy atom. The Bertz CT molecular complexity index is 365. The topological polar surface area (TPSA) is 72.6 Å². The van der Waals surface area contributed by atoms with Crippen molar-refractivity contribution in [2.75, 3.05) is 19.7 Å². The zero-order chi connectivity index (χ0) is 15.2. The van der Waals surface area contributed by atoms with E-state index in [1.165, 1.54) is 19.3 Å². The van der Waals surface area contributed by atoms with Crippen molar-refractivity contribution in [2.24, 2.45) is 17.6 Å². The van der Waals surface area contributed by atoms with Crippen LogP contribution >= 0.6 is 0 Å². The summed E-state index contributed by atoms with van der Waals surface area (Å²) in [5, 5.41) is 0. The third-order valence-corrected chi connectivity index (χ3v) is 4.91. The molecule has 0 aromatic rings. The Kier molecular flexibility index (Phi) is 6.03. The Morgan fingerprint density at radius 3 is 2.43 bits per heavy atom. The molecule has 120 valence electrons. The molecule has 0 spiro atoms. The van der Waals surface area contributed by atoms with Gasteiger partial charge in [0.05, 0.1) is 6.10 Å². The lowest BCUT2D eigenvalue weighted by Crippen LogP contribution is -2.42. The van der Waals surface area contributed by atoms with E-state index >= 15 is 0 Å². The highest BCUT2D eigenvalue weighted by Crippen LogP contribution is 2.26. The van der Waals surface area contributed by atoms with E-state index in [9.17, 15) is 9.59 Å². The summed E-state index contributed by atoms with van der Waals surface area (Å²) in [7, 11) is 0. The van der Waals surface area contributed by atoms with E-state index in [4.69, 9.17) is 10.5 Å². The second-order valence-corrected chi connectivity index (χ2v) is 6.61. The maximum atomic E-state index is 12.2. The van der Waals surface area contributed by atoms with Crippen molar-refractivity contribution >= 4 is 11.8 Å². The van der Waals surface area contributed by atoms with Crippen LogP contribution in [-0.4, -0.2) is 42.5 Å². The maximum Gasteiger partial charge on any atom is 0.248 e. The second kappa shape index (κ2) is 7.78. The van der Waals surface area contributed by atoms with E-state index in [-0.39, 0.29) is 24.5 Å². The predicted molar refractivity (Wildman–Crippen MR) is 80.5 cm³/mol. The number of hydrogen-bond donors (Lipinski definition) is 1. The van der Waals surface area contributed by atoms with Gasteiger partial charge >= 0.3 is 0 Å². The number of carbonyl (C=O) groups is 2. The van der Waals surface area contributed by atoms with Gasteiger partial charge in [-0.2, -0.15) is 0 Å². The molecule has 5 nitrogen and oxygen atoms in total. The average molecular weight is 296 g/mol. The fraction of sp³-hybridized carbons (Fsp3) is 0.875. The molecule has 1 heterocycles. The Morgan fingerprint density at radius 2 is 1.81 bits per heavy atom. The van der Waals surface area contributed by atoms with Crippen molar-refractivity contribution < 1.29 is 14.3 Å². The molecule has 0 radical (unpaired) electrons. The Balaban J connectivity index is 1.68. The third-order valence-electron chi connectivity index (χ3n) is 4.91. The number of likely N-dealkylation sites (tertiary alicyclic amines) is 1. The van der Waals surface area contributed by atoms with E-state index in [1.54, 1.807) is 0 Å². The van der Waals surface area contributed by atoms with Crippen molar-refractivity contribution in [1.82, 2.24) is 4.90 Å². The molecular formula is C16H28N2O3. The van der Waals surface area contributed by atoms with Gasteiger partial charge < -0.3 is 15.4 Å². The molecule has 0 aromatic carbocycles. The maximum absolute atomic E-state index is 12.2. The molecule has 1 saturated heterocycles. The lowest BCUT2D eigenvalue weighted by atomic mass is 9.88. The van der Waals surface area contributed by atoms with Gasteiger partial charge in [-0.05, 0) is 37.5 Å². The molecule has 0 aromatic heterocycles. The second-order valence-electron chi connectivity index (χ2n) is 6.61. The van der Waals surface area contributed by atoms with Crippen molar-refractivity contribution in [2.45, 2.75) is 58.0 Å². The monoisotopic (exact) mass is 296 g/mol. The summed E-state index contributed by atoms with van der Waals surface area (Å²) in [6.45, 7) is 3.86. The largest absolute Gasteiger partial charge is 0.370 e. The number of carbonyl (C=O) groups excluding carboxylic acids is 2. The molecule has 5 heteroatoms. The minimum Gasteiger partial charge on any atom is -0.370 e. The number of rotatable bonds is 5. The van der Waals surface area contributed by atoms with Gasteiger partial charge in [0, 0.05) is 19.5 Å². The summed E-state index contributed by atoms with van der Waals surface area (Å²) in [5.41, 5.74) is 5.22. The summed E-state index contributed by atoms with van der Waals surface area (Å²) in [4.78, 5) is 25.0. The quantitative estimate of drug-likeness (QED) is 0.839. The normalized spacial score (nSPS) is 27.6. The van der Waals surface area contributed by atoms with Crippen LogP contribution in [0.2, 0.25) is 0 Å². The summed E-state index contributed by atoms with van der Waals surface area (Å²) in [6.07, 6.45) is 7.20. The van der Waals surface area contributed by atoms with Crippen LogP contribution in [0.3, 0.4) is 0 Å². The first-order chi connectivity index (χ1) is 10.1. The molecule has 2 rings (SSSR count). The molecule has 2 atom stereocenters. The van der Waals surface area contributed by atoms with Crippen LogP contribution in [0, 0.1) is 11.8 Å². The average Bonchev–Trinajstić information content (AvgIpc) is 2.46. The standard InChI is InChI=1S/C16H28N2O3/c1-12-4-2-3-5-14(12)21-11-16(20)18-8-6-13(7-9-18)10-15(17)19/h12-14H,2-11H2,1H3,(H2,17,19). The van der Waals surface area contributed by atoms with Crippen molar-refractivity contribution in [3.8, 4) is 0 Å². The first-order valence-corrected chi connectivity index (χ1v) is 8.24. The van der Waals surface area contributed by atoms with Crippen LogP contribution in [0.15, 0.2) is 0 Å². The molecule has 2 fully saturated rings. The number of nitrogens with zero attached hydrogens (tertiary/aromatic N) is 1. The fourth-order valence-corrected chi connectivity index (χ4v) is 3.47. The van der Waals surface area contributed by atoms with Crippen LogP contribution < -0.4 is 5.73 Å². The molecule has 2 amide bonds. The van der Waals surface area contributed by atoms with Crippen LogP contribution in [0.5, 0.6) is 0 Å². The van der Waals surface area contributed by atoms with Crippen molar-refractivity contribution in [1.29, 1.82) is 0 Å². The highest BCUT2D eigenvalue weighted by Gasteiger charge is 2.26. The number of hydrogen-bond acceptors (Lipinski definition) is 3. The molecule has 0 bridgehead atoms. The molecule has 2 N–H and O–H groups in total. The Hall–Kier alpha value is -1.10. The van der Waals surface area contributed by atoms with Crippen LogP contribution in [0.1, 0.15) is 51.9 Å². The molecule has 1 aliphatic heterocycles. The minimum atomic E-state index is -0.241. The third kappa shape index (κ3) is 4.99. The number of piperidine rings is 1. The summed E-state index contributed by atoms with van der Waals surface area (Å²) >= 11 is 0. The Labute approximate surface area is 127 Å². The van der Waals surface area contributed by atoms with E-state index < -0.39 is 0 Å². The van der Waals surface area contributed by atoms with Gasteiger partial charge in [0.1, 0.15) is 6.61 Å². The zero-order valence-electron chi connectivity index (χ0n) is 13.1. The summed E-state index contributed by atoms with van der Waals surface area (Å²) < 4.78 is 5.84. The fourth-order valence-electron chi connectivity index (χ4n) is 3.47. The van der Waals surface area contributed by atoms with Crippen molar-refractivity contribution in [3.05, 3.63) is 0 Å². The predicted octanol–water partition coefficient (Wildman–Crippen LogP) is 1.70. The SMILES string of the molecule is CC1CCCCC1OCC(=O)N1CCC(CC(N)=O)CC1. The van der Waals surface area contributed by atoms with Crippen LogP contribution in [-0.2, 0) is 14.3 Å². The molecule has 2 unspecified atom stereocenters. The van der Waals surface area contributed by atoms with Gasteiger partial charge in [0.2, 0.25) is 11.8 Å². The number of ether oxygens (including phenoxy) is 1. The number of amides is 2. The smallest absolute Gasteiger partial charge is 0.248 e. The molecule has 2 aliphatic rings. The summed E-state index contributed by atoms with van der Waals surface area (Å²) in [6, 6.07) is 0. The van der Waals surface area contributed by atoms with E-state index in [1.807, 2.05) is 4.90 Å². The molecule has 1 aliphatic carbocycles. The molecule has 1 saturated carbocycles. The van der Waals surface area contributed by atoms with Gasteiger partial charge in [-0.25, -0.2) is 0 Å². The van der Waals surface area contributed by atoms with E-state index in [0.717, 1.165) is 32.4 Å². The zero-order valence-corrected chi connectivity index (χ0v) is 13.1.